The predicted octanol–water partition coefficient (Wildman–Crippen LogP) is 4.53. The van der Waals surface area contributed by atoms with E-state index in [-0.39, 0.29) is 28.6 Å². The highest BCUT2D eigenvalue weighted by molar-refractivity contribution is 7.89. The summed E-state index contributed by atoms with van der Waals surface area (Å²) in [5.41, 5.74) is 1.60. The SMILES string of the molecule is COc1ccc(COC(=O)c2cc(S(=O)(=O)N(C)Cc3ccccc3)ccc2Cl)cc1. The summed E-state index contributed by atoms with van der Waals surface area (Å²) in [6, 6.07) is 20.3. The number of nitrogens with zero attached hydrogens (tertiary/aromatic N) is 1. The molecule has 0 saturated carbocycles. The van der Waals surface area contributed by atoms with Gasteiger partial charge in [0.15, 0.2) is 0 Å². The first kappa shape index (κ1) is 22.8. The topological polar surface area (TPSA) is 72.9 Å². The molecule has 0 radical (unpaired) electrons. The summed E-state index contributed by atoms with van der Waals surface area (Å²) < 4.78 is 37.6. The number of hydrogen-bond acceptors (Lipinski definition) is 5. The van der Waals surface area contributed by atoms with Crippen molar-refractivity contribution in [3.05, 3.63) is 94.5 Å². The Balaban J connectivity index is 1.75. The highest BCUT2D eigenvalue weighted by Gasteiger charge is 2.24. The number of esters is 1. The Labute approximate surface area is 187 Å². The van der Waals surface area contributed by atoms with E-state index in [0.29, 0.717) is 5.75 Å². The minimum absolute atomic E-state index is 0.00985. The lowest BCUT2D eigenvalue weighted by Gasteiger charge is -2.18. The molecule has 0 heterocycles. The molecule has 8 heteroatoms. The van der Waals surface area contributed by atoms with Gasteiger partial charge < -0.3 is 9.47 Å². The van der Waals surface area contributed by atoms with Crippen molar-refractivity contribution < 1.29 is 22.7 Å². The van der Waals surface area contributed by atoms with Gasteiger partial charge >= 0.3 is 5.97 Å². The van der Waals surface area contributed by atoms with Crippen molar-refractivity contribution in [3.63, 3.8) is 0 Å². The van der Waals surface area contributed by atoms with E-state index < -0.39 is 16.0 Å². The second-order valence-corrected chi connectivity index (χ2v) is 9.26. The van der Waals surface area contributed by atoms with Crippen molar-refractivity contribution in [1.82, 2.24) is 4.31 Å². The predicted molar refractivity (Wildman–Crippen MR) is 119 cm³/mol. The molecule has 0 bridgehead atoms. The molecule has 31 heavy (non-hydrogen) atoms. The van der Waals surface area contributed by atoms with Crippen LogP contribution in [0.1, 0.15) is 21.5 Å². The number of hydrogen-bond donors (Lipinski definition) is 0. The lowest BCUT2D eigenvalue weighted by molar-refractivity contribution is 0.0472. The van der Waals surface area contributed by atoms with E-state index in [1.807, 2.05) is 30.3 Å². The molecule has 0 aliphatic carbocycles. The van der Waals surface area contributed by atoms with Crippen LogP contribution in [0.15, 0.2) is 77.7 Å². The zero-order valence-electron chi connectivity index (χ0n) is 17.1. The van der Waals surface area contributed by atoms with Crippen molar-refractivity contribution in [1.29, 1.82) is 0 Å². The van der Waals surface area contributed by atoms with Gasteiger partial charge in [-0.3, -0.25) is 0 Å². The molecular weight excluding hydrogens is 438 g/mol. The quantitative estimate of drug-likeness (QED) is 0.463. The third kappa shape index (κ3) is 5.64. The fourth-order valence-corrected chi connectivity index (χ4v) is 4.26. The van der Waals surface area contributed by atoms with Gasteiger partial charge in [-0.05, 0) is 41.5 Å². The summed E-state index contributed by atoms with van der Waals surface area (Å²) >= 11 is 6.15. The van der Waals surface area contributed by atoms with Gasteiger partial charge in [-0.2, -0.15) is 4.31 Å². The van der Waals surface area contributed by atoms with Crippen LogP contribution in [0.25, 0.3) is 0 Å². The van der Waals surface area contributed by atoms with Crippen LogP contribution in [-0.4, -0.2) is 32.8 Å². The van der Waals surface area contributed by atoms with Gasteiger partial charge in [0.2, 0.25) is 10.0 Å². The maximum absolute atomic E-state index is 13.0. The van der Waals surface area contributed by atoms with Crippen molar-refractivity contribution >= 4 is 27.6 Å². The normalized spacial score (nSPS) is 11.4. The van der Waals surface area contributed by atoms with Crippen LogP contribution in [0.5, 0.6) is 5.75 Å². The first-order chi connectivity index (χ1) is 14.8. The van der Waals surface area contributed by atoms with E-state index in [2.05, 4.69) is 0 Å². The Morgan fingerprint density at radius 3 is 2.29 bits per heavy atom. The minimum Gasteiger partial charge on any atom is -0.497 e. The monoisotopic (exact) mass is 459 g/mol. The second-order valence-electron chi connectivity index (χ2n) is 6.81. The summed E-state index contributed by atoms with van der Waals surface area (Å²) in [4.78, 5) is 12.5. The molecule has 3 aromatic rings. The molecule has 0 unspecified atom stereocenters. The van der Waals surface area contributed by atoms with Crippen LogP contribution in [0.2, 0.25) is 5.02 Å². The molecule has 0 amide bonds. The number of carbonyl (C=O) groups is 1. The molecule has 0 atom stereocenters. The minimum atomic E-state index is -3.83. The summed E-state index contributed by atoms with van der Waals surface area (Å²) in [6.45, 7) is 0.215. The molecular formula is C23H22ClNO5S. The average Bonchev–Trinajstić information content (AvgIpc) is 2.78. The Hall–Kier alpha value is -2.87. The van der Waals surface area contributed by atoms with Crippen LogP contribution in [0.3, 0.4) is 0 Å². The molecule has 3 aromatic carbocycles. The Kier molecular flexibility index (Phi) is 7.33. The molecule has 0 saturated heterocycles. The van der Waals surface area contributed by atoms with E-state index in [0.717, 1.165) is 11.1 Å². The summed E-state index contributed by atoms with van der Waals surface area (Å²) in [5.74, 6) is -0.0146. The first-order valence-corrected chi connectivity index (χ1v) is 11.2. The molecule has 0 aliphatic heterocycles. The van der Waals surface area contributed by atoms with Gasteiger partial charge in [-0.15, -0.1) is 0 Å². The van der Waals surface area contributed by atoms with Gasteiger partial charge in [0, 0.05) is 13.6 Å². The molecule has 3 rings (SSSR count). The van der Waals surface area contributed by atoms with Crippen molar-refractivity contribution in [2.75, 3.05) is 14.2 Å². The molecule has 6 nitrogen and oxygen atoms in total. The largest absolute Gasteiger partial charge is 0.497 e. The highest BCUT2D eigenvalue weighted by Crippen LogP contribution is 2.24. The zero-order chi connectivity index (χ0) is 22.4. The number of ether oxygens (including phenoxy) is 2. The Morgan fingerprint density at radius 2 is 1.65 bits per heavy atom. The van der Waals surface area contributed by atoms with Gasteiger partial charge in [0.1, 0.15) is 12.4 Å². The van der Waals surface area contributed by atoms with Gasteiger partial charge in [-0.1, -0.05) is 54.1 Å². The maximum atomic E-state index is 13.0. The number of rotatable bonds is 8. The Bertz CT molecular complexity index is 1150. The molecule has 0 spiro atoms. The Morgan fingerprint density at radius 1 is 0.968 bits per heavy atom. The lowest BCUT2D eigenvalue weighted by atomic mass is 10.2. The van der Waals surface area contributed by atoms with Gasteiger partial charge in [0.05, 0.1) is 22.6 Å². The molecule has 0 aliphatic rings. The van der Waals surface area contributed by atoms with Crippen molar-refractivity contribution in [3.8, 4) is 5.75 Å². The van der Waals surface area contributed by atoms with E-state index in [9.17, 15) is 13.2 Å². The molecule has 0 aromatic heterocycles. The molecule has 162 valence electrons. The van der Waals surface area contributed by atoms with Crippen LogP contribution < -0.4 is 4.74 Å². The van der Waals surface area contributed by atoms with Crippen molar-refractivity contribution in [2.45, 2.75) is 18.0 Å². The fraction of sp³-hybridized carbons (Fsp3) is 0.174. The third-order valence-corrected chi connectivity index (χ3v) is 6.77. The van der Waals surface area contributed by atoms with Crippen molar-refractivity contribution in [2.24, 2.45) is 0 Å². The standard InChI is InChI=1S/C23H22ClNO5S/c1-25(15-17-6-4-3-5-7-17)31(27,28)20-12-13-22(24)21(14-20)23(26)30-16-18-8-10-19(29-2)11-9-18/h3-14H,15-16H2,1-2H3. The van der Waals surface area contributed by atoms with Gasteiger partial charge in [-0.25, -0.2) is 13.2 Å². The number of benzene rings is 3. The zero-order valence-corrected chi connectivity index (χ0v) is 18.7. The number of methoxy groups -OCH3 is 1. The number of sulfonamides is 1. The smallest absolute Gasteiger partial charge is 0.340 e. The number of halogens is 1. The van der Waals surface area contributed by atoms with Gasteiger partial charge in [0.25, 0.3) is 0 Å². The van der Waals surface area contributed by atoms with E-state index in [1.54, 1.807) is 31.4 Å². The van der Waals surface area contributed by atoms with Crippen LogP contribution in [-0.2, 0) is 27.9 Å². The van der Waals surface area contributed by atoms with E-state index >= 15 is 0 Å². The summed E-state index contributed by atoms with van der Waals surface area (Å²) in [6.07, 6.45) is 0. The molecule has 0 N–H and O–H groups in total. The summed E-state index contributed by atoms with van der Waals surface area (Å²) in [5, 5.41) is 0.115. The summed E-state index contributed by atoms with van der Waals surface area (Å²) in [7, 11) is -0.782. The van der Waals surface area contributed by atoms with E-state index in [1.165, 1.54) is 29.6 Å². The third-order valence-electron chi connectivity index (χ3n) is 4.64. The first-order valence-electron chi connectivity index (χ1n) is 9.41. The highest BCUT2D eigenvalue weighted by atomic mass is 35.5. The van der Waals surface area contributed by atoms with Crippen LogP contribution in [0.4, 0.5) is 0 Å². The maximum Gasteiger partial charge on any atom is 0.340 e. The van der Waals surface area contributed by atoms with Crippen LogP contribution in [0, 0.1) is 0 Å². The fourth-order valence-electron chi connectivity index (χ4n) is 2.88. The second kappa shape index (κ2) is 9.96. The van der Waals surface area contributed by atoms with Crippen LogP contribution >= 0.6 is 11.6 Å². The average molecular weight is 460 g/mol. The lowest BCUT2D eigenvalue weighted by Crippen LogP contribution is -2.26. The van der Waals surface area contributed by atoms with E-state index in [4.69, 9.17) is 21.1 Å². The number of carbonyl (C=O) groups excluding carboxylic acids is 1. The molecule has 0 fully saturated rings.